The smallest absolute Gasteiger partial charge is 0.748 e. The molecule has 0 saturated heterocycles. The number of hydrogen-bond donors (Lipinski definition) is 2. The van der Waals surface area contributed by atoms with Crippen molar-refractivity contribution in [1.29, 1.82) is 0 Å². The molecule has 8 nitrogen and oxygen atoms in total. The summed E-state index contributed by atoms with van der Waals surface area (Å²) >= 11 is 0. The first kappa shape index (κ1) is 18.7. The van der Waals surface area contributed by atoms with Crippen LogP contribution in [0.15, 0.2) is 0 Å². The molecule has 1 atom stereocenters. The van der Waals surface area contributed by atoms with Crippen LogP contribution >= 0.6 is 0 Å². The Bertz CT molecular complexity index is 521. The number of rotatable bonds is 6. The molecular formula is C11H21N2NaO6S. The quantitative estimate of drug-likeness (QED) is 0.393. The summed E-state index contributed by atoms with van der Waals surface area (Å²) in [5, 5.41) is 4.13. The van der Waals surface area contributed by atoms with Crippen LogP contribution in [-0.4, -0.2) is 48.9 Å². The molecule has 0 bridgehead atoms. The molecule has 21 heavy (non-hydrogen) atoms. The van der Waals surface area contributed by atoms with Crippen LogP contribution in [0, 0.1) is 0 Å². The summed E-state index contributed by atoms with van der Waals surface area (Å²) < 4.78 is 51.2. The predicted octanol–water partition coefficient (Wildman–Crippen LogP) is -3.04. The number of carbonyl (C=O) groups excluding carboxylic acids is 2. The third-order valence-electron chi connectivity index (χ3n) is 1.82. The van der Waals surface area contributed by atoms with Crippen LogP contribution < -0.4 is 40.2 Å². The van der Waals surface area contributed by atoms with Crippen LogP contribution in [0.1, 0.15) is 36.9 Å². The molecular weight excluding hydrogens is 311 g/mol. The molecule has 0 unspecified atom stereocenters. The van der Waals surface area contributed by atoms with Crippen molar-refractivity contribution in [3.63, 3.8) is 0 Å². The van der Waals surface area contributed by atoms with Crippen molar-refractivity contribution in [2.45, 2.75) is 45.8 Å². The van der Waals surface area contributed by atoms with Crippen molar-refractivity contribution in [3.8, 4) is 0 Å². The van der Waals surface area contributed by atoms with Gasteiger partial charge in [0.05, 0.1) is 10.1 Å². The van der Waals surface area contributed by atoms with Crippen LogP contribution in [0.5, 0.6) is 0 Å². The van der Waals surface area contributed by atoms with Crippen molar-refractivity contribution < 1.29 is 59.6 Å². The minimum Gasteiger partial charge on any atom is -0.748 e. The molecule has 2 amide bonds. The molecule has 0 saturated carbocycles. The van der Waals surface area contributed by atoms with Gasteiger partial charge in [-0.15, -0.1) is 0 Å². The number of ether oxygens (including phenoxy) is 1. The maximum absolute atomic E-state index is 11.7. The second-order valence-corrected chi connectivity index (χ2v) is 6.57. The van der Waals surface area contributed by atoms with Crippen LogP contribution in [0.4, 0.5) is 4.79 Å². The first-order valence-electron chi connectivity index (χ1n) is 6.86. The van der Waals surface area contributed by atoms with Crippen LogP contribution in [-0.2, 0) is 19.6 Å². The average molecular weight is 334 g/mol. The summed E-state index contributed by atoms with van der Waals surface area (Å²) in [5.74, 6) is -1.83. The summed E-state index contributed by atoms with van der Waals surface area (Å²) in [6.45, 7) is 3.83. The normalized spacial score (nSPS) is 14.9. The van der Waals surface area contributed by atoms with Gasteiger partial charge in [0.2, 0.25) is 5.91 Å². The zero-order valence-corrected chi connectivity index (χ0v) is 15.7. The van der Waals surface area contributed by atoms with E-state index in [1.54, 1.807) is 20.8 Å². The van der Waals surface area contributed by atoms with E-state index in [1.807, 2.05) is 5.32 Å². The molecule has 0 aromatic rings. The van der Waals surface area contributed by atoms with E-state index in [4.69, 9.17) is 7.48 Å². The van der Waals surface area contributed by atoms with Crippen molar-refractivity contribution in [1.82, 2.24) is 10.6 Å². The Labute approximate surface area is 150 Å². The molecule has 0 heterocycles. The van der Waals surface area contributed by atoms with Crippen LogP contribution in [0.2, 0.25) is 0 Å². The van der Waals surface area contributed by atoms with Crippen molar-refractivity contribution >= 4 is 22.1 Å². The van der Waals surface area contributed by atoms with E-state index in [0.29, 0.717) is 0 Å². The zero-order valence-electron chi connectivity index (χ0n) is 14.8. The number of amides is 2. The Morgan fingerprint density at radius 3 is 2.33 bits per heavy atom. The Hall–Kier alpha value is -0.350. The van der Waals surface area contributed by atoms with Gasteiger partial charge in [0.1, 0.15) is 11.6 Å². The summed E-state index contributed by atoms with van der Waals surface area (Å²) in [6, 6.07) is -1.10. The number of carbonyl (C=O) groups is 2. The predicted molar refractivity (Wildman–Crippen MR) is 71.0 cm³/mol. The van der Waals surface area contributed by atoms with Crippen molar-refractivity contribution in [3.05, 3.63) is 0 Å². The fourth-order valence-electron chi connectivity index (χ4n) is 0.984. The first-order valence-corrected chi connectivity index (χ1v) is 7.44. The van der Waals surface area contributed by atoms with E-state index in [2.05, 4.69) is 5.32 Å². The van der Waals surface area contributed by atoms with E-state index in [0.717, 1.165) is 0 Å². The standard InChI is InChI=1S/C11H22N2O6S.Na/c1-8(13-10(15)19-11(2,3)4)9(14)12-6-5-7-20(16,17)18;/h8H,5-7H2,1-4H3,(H,12,14)(H,13,15)(H,16,17,18);/q;+1/p-1/t8-;/m0./s1/i6D2;. The van der Waals surface area contributed by atoms with Gasteiger partial charge >= 0.3 is 35.7 Å². The van der Waals surface area contributed by atoms with Gasteiger partial charge in [-0.1, -0.05) is 0 Å². The van der Waals surface area contributed by atoms with Gasteiger partial charge in [-0.05, 0) is 34.1 Å². The maximum Gasteiger partial charge on any atom is 1.00 e. The fraction of sp³-hybridized carbons (Fsp3) is 0.818. The van der Waals surface area contributed by atoms with E-state index in [9.17, 15) is 22.6 Å². The maximum atomic E-state index is 11.7. The third-order valence-corrected chi connectivity index (χ3v) is 2.52. The van der Waals surface area contributed by atoms with Gasteiger partial charge in [0, 0.05) is 15.0 Å². The molecule has 10 heteroatoms. The molecule has 0 aromatic carbocycles. The molecule has 0 rings (SSSR count). The van der Waals surface area contributed by atoms with Gasteiger partial charge in [0.15, 0.2) is 0 Å². The van der Waals surface area contributed by atoms with Gasteiger partial charge in [-0.25, -0.2) is 13.2 Å². The molecule has 0 aromatic heterocycles. The number of alkyl carbamates (subject to hydrolysis) is 1. The van der Waals surface area contributed by atoms with Crippen molar-refractivity contribution in [2.75, 3.05) is 12.2 Å². The molecule has 0 aliphatic rings. The second-order valence-electron chi connectivity index (χ2n) is 5.05. The Morgan fingerprint density at radius 2 is 1.90 bits per heavy atom. The second kappa shape index (κ2) is 9.62. The van der Waals surface area contributed by atoms with E-state index in [-0.39, 0.29) is 29.6 Å². The molecule has 0 aliphatic carbocycles. The molecule has 2 N–H and O–H groups in total. The molecule has 0 spiro atoms. The number of nitrogens with one attached hydrogen (secondary N) is 2. The Morgan fingerprint density at radius 1 is 1.38 bits per heavy atom. The van der Waals surface area contributed by atoms with E-state index >= 15 is 0 Å². The molecule has 0 radical (unpaired) electrons. The monoisotopic (exact) mass is 334 g/mol. The Balaban J connectivity index is 0. The van der Waals surface area contributed by atoms with Gasteiger partial charge in [0.25, 0.3) is 0 Å². The SMILES string of the molecule is [2H]C([2H])(CCS(=O)(=O)[O-])NC(=O)[C@H](C)NC(=O)OC(C)(C)C.[Na+]. The number of hydrogen-bond acceptors (Lipinski definition) is 6. The zero-order chi connectivity index (χ0) is 17.8. The summed E-state index contributed by atoms with van der Waals surface area (Å²) in [5.41, 5.74) is -0.753. The fourth-order valence-corrected chi connectivity index (χ4v) is 1.34. The van der Waals surface area contributed by atoms with E-state index in [1.165, 1.54) is 6.92 Å². The summed E-state index contributed by atoms with van der Waals surface area (Å²) in [4.78, 5) is 23.2. The average Bonchev–Trinajstić information content (AvgIpc) is 2.22. The summed E-state index contributed by atoms with van der Waals surface area (Å²) in [7, 11) is -4.58. The minimum atomic E-state index is -4.58. The Kier molecular flexibility index (Phi) is 8.57. The third kappa shape index (κ3) is 14.4. The minimum absolute atomic E-state index is 0. The van der Waals surface area contributed by atoms with Gasteiger partial charge < -0.3 is 19.9 Å². The van der Waals surface area contributed by atoms with Crippen LogP contribution in [0.25, 0.3) is 0 Å². The topological polar surface area (TPSA) is 125 Å². The van der Waals surface area contributed by atoms with Gasteiger partial charge in [-0.2, -0.15) is 0 Å². The molecule has 0 aliphatic heterocycles. The summed E-state index contributed by atoms with van der Waals surface area (Å²) in [6.07, 6.45) is -1.54. The molecule has 118 valence electrons. The first-order chi connectivity index (χ1) is 9.61. The largest absolute Gasteiger partial charge is 1.00 e. The molecule has 0 fully saturated rings. The van der Waals surface area contributed by atoms with Crippen LogP contribution in [0.3, 0.4) is 0 Å². The van der Waals surface area contributed by atoms with Crippen molar-refractivity contribution in [2.24, 2.45) is 0 Å². The van der Waals surface area contributed by atoms with Gasteiger partial charge in [-0.3, -0.25) is 4.79 Å². The van der Waals surface area contributed by atoms with E-state index < -0.39 is 52.4 Å².